The lowest BCUT2D eigenvalue weighted by Crippen LogP contribution is -1.94. The average molecular weight is 262 g/mol. The van der Waals surface area contributed by atoms with Crippen LogP contribution in [0, 0.1) is 0 Å². The fraction of sp³-hybridized carbons (Fsp3) is 0.0833. The number of aromatic nitrogens is 2. The fourth-order valence-corrected chi connectivity index (χ4v) is 1.71. The highest BCUT2D eigenvalue weighted by molar-refractivity contribution is 7.09. The summed E-state index contributed by atoms with van der Waals surface area (Å²) in [6.07, 6.45) is 5.78. The van der Waals surface area contributed by atoms with Gasteiger partial charge in [0.05, 0.1) is 22.3 Å². The molecular formula is C12H10N2O3S. The molecule has 2 aromatic rings. The summed E-state index contributed by atoms with van der Waals surface area (Å²) in [5.74, 6) is -0.363. The molecular weight excluding hydrogens is 252 g/mol. The number of hydrogen-bond donors (Lipinski definition) is 1. The predicted molar refractivity (Wildman–Crippen MR) is 67.4 cm³/mol. The summed E-state index contributed by atoms with van der Waals surface area (Å²) in [5.41, 5.74) is 2.32. The first kappa shape index (κ1) is 12.3. The van der Waals surface area contributed by atoms with Crippen LogP contribution in [0.25, 0.3) is 6.08 Å². The molecule has 0 amide bonds. The molecule has 18 heavy (non-hydrogen) atoms. The Balaban J connectivity index is 1.93. The second kappa shape index (κ2) is 5.92. The fourth-order valence-electron chi connectivity index (χ4n) is 1.20. The third-order valence-corrected chi connectivity index (χ3v) is 2.77. The largest absolute Gasteiger partial charge is 0.486 e. The number of carboxylic acids is 1. The van der Waals surface area contributed by atoms with Gasteiger partial charge in [0, 0.05) is 12.3 Å². The van der Waals surface area contributed by atoms with Crippen LogP contribution in [0.15, 0.2) is 36.1 Å². The van der Waals surface area contributed by atoms with Crippen LogP contribution in [0.1, 0.15) is 10.6 Å². The van der Waals surface area contributed by atoms with E-state index in [0.29, 0.717) is 18.1 Å². The van der Waals surface area contributed by atoms with E-state index in [1.165, 1.54) is 17.4 Å². The van der Waals surface area contributed by atoms with Crippen LogP contribution in [0.2, 0.25) is 0 Å². The van der Waals surface area contributed by atoms with Crippen molar-refractivity contribution < 1.29 is 14.6 Å². The summed E-state index contributed by atoms with van der Waals surface area (Å²) in [6.45, 7) is 0.455. The van der Waals surface area contributed by atoms with Crippen LogP contribution in [0.3, 0.4) is 0 Å². The smallest absolute Gasteiger partial charge is 0.328 e. The highest BCUT2D eigenvalue weighted by atomic mass is 32.1. The molecule has 0 atom stereocenters. The summed E-state index contributed by atoms with van der Waals surface area (Å²) >= 11 is 1.52. The van der Waals surface area contributed by atoms with Gasteiger partial charge in [-0.15, -0.1) is 11.3 Å². The average Bonchev–Trinajstić information content (AvgIpc) is 2.88. The molecule has 0 saturated carbocycles. The summed E-state index contributed by atoms with van der Waals surface area (Å²) in [7, 11) is 0. The normalized spacial score (nSPS) is 10.7. The van der Waals surface area contributed by atoms with Crippen LogP contribution in [-0.2, 0) is 11.4 Å². The van der Waals surface area contributed by atoms with Gasteiger partial charge in [-0.05, 0) is 18.2 Å². The molecule has 6 heteroatoms. The topological polar surface area (TPSA) is 72.3 Å². The summed E-state index contributed by atoms with van der Waals surface area (Å²) in [6, 6.07) is 3.44. The molecule has 2 aromatic heterocycles. The minimum Gasteiger partial charge on any atom is -0.486 e. The second-order valence-electron chi connectivity index (χ2n) is 3.35. The second-order valence-corrected chi connectivity index (χ2v) is 4.32. The van der Waals surface area contributed by atoms with Crippen molar-refractivity contribution in [2.75, 3.05) is 0 Å². The lowest BCUT2D eigenvalue weighted by Gasteiger charge is -2.03. The number of aliphatic carboxylic acids is 1. The number of thiazole rings is 1. The predicted octanol–water partition coefficient (Wildman–Crippen LogP) is 2.21. The molecule has 0 aliphatic rings. The molecule has 2 heterocycles. The molecule has 0 saturated heterocycles. The Hall–Kier alpha value is -2.21. The first-order valence-corrected chi connectivity index (χ1v) is 5.99. The standard InChI is InChI=1S/C12H10N2O3S/c15-12(16)4-2-9-1-3-10(5-14-9)17-7-11-6-13-8-18-11/h1-6,8H,7H2,(H,15,16)/b4-2+. The van der Waals surface area contributed by atoms with E-state index in [9.17, 15) is 4.79 Å². The van der Waals surface area contributed by atoms with Crippen molar-refractivity contribution in [3.8, 4) is 5.75 Å². The van der Waals surface area contributed by atoms with Crippen molar-refractivity contribution in [3.63, 3.8) is 0 Å². The van der Waals surface area contributed by atoms with Gasteiger partial charge in [-0.1, -0.05) is 0 Å². The molecule has 0 aliphatic carbocycles. The van der Waals surface area contributed by atoms with E-state index in [2.05, 4.69) is 9.97 Å². The third kappa shape index (κ3) is 3.67. The number of rotatable bonds is 5. The summed E-state index contributed by atoms with van der Waals surface area (Å²) < 4.78 is 5.50. The van der Waals surface area contributed by atoms with Gasteiger partial charge in [-0.2, -0.15) is 0 Å². The number of nitrogens with zero attached hydrogens (tertiary/aromatic N) is 2. The molecule has 0 aromatic carbocycles. The van der Waals surface area contributed by atoms with E-state index in [1.54, 1.807) is 30.0 Å². The van der Waals surface area contributed by atoms with E-state index >= 15 is 0 Å². The summed E-state index contributed by atoms with van der Waals surface area (Å²) in [5, 5.41) is 8.48. The van der Waals surface area contributed by atoms with Crippen LogP contribution in [-0.4, -0.2) is 21.0 Å². The van der Waals surface area contributed by atoms with E-state index in [1.807, 2.05) is 0 Å². The van der Waals surface area contributed by atoms with Crippen LogP contribution in [0.4, 0.5) is 0 Å². The minimum atomic E-state index is -0.998. The van der Waals surface area contributed by atoms with Crippen LogP contribution >= 0.6 is 11.3 Å². The molecule has 0 bridgehead atoms. The Labute approximate surface area is 107 Å². The van der Waals surface area contributed by atoms with Crippen LogP contribution in [0.5, 0.6) is 5.75 Å². The number of carboxylic acid groups (broad SMARTS) is 1. The zero-order valence-electron chi connectivity index (χ0n) is 9.31. The highest BCUT2D eigenvalue weighted by Crippen LogP contribution is 2.14. The van der Waals surface area contributed by atoms with Gasteiger partial charge in [-0.25, -0.2) is 4.79 Å². The first-order valence-electron chi connectivity index (χ1n) is 5.11. The van der Waals surface area contributed by atoms with Crippen molar-refractivity contribution >= 4 is 23.4 Å². The maximum atomic E-state index is 10.3. The Bertz CT molecular complexity index is 535. The van der Waals surface area contributed by atoms with E-state index in [4.69, 9.17) is 9.84 Å². The number of pyridine rings is 1. The molecule has 0 unspecified atom stereocenters. The minimum absolute atomic E-state index is 0.455. The Morgan fingerprint density at radius 3 is 2.94 bits per heavy atom. The lowest BCUT2D eigenvalue weighted by atomic mass is 10.3. The molecule has 0 aliphatic heterocycles. The van der Waals surface area contributed by atoms with Crippen molar-refractivity contribution in [1.29, 1.82) is 0 Å². The summed E-state index contributed by atoms with van der Waals surface area (Å²) in [4.78, 5) is 19.4. The van der Waals surface area contributed by atoms with E-state index in [-0.39, 0.29) is 0 Å². The van der Waals surface area contributed by atoms with Gasteiger partial charge in [0.2, 0.25) is 0 Å². The first-order chi connectivity index (χ1) is 8.74. The third-order valence-electron chi connectivity index (χ3n) is 2.02. The van der Waals surface area contributed by atoms with E-state index in [0.717, 1.165) is 11.0 Å². The highest BCUT2D eigenvalue weighted by Gasteiger charge is 1.98. The Kier molecular flexibility index (Phi) is 4.03. The monoisotopic (exact) mass is 262 g/mol. The maximum Gasteiger partial charge on any atom is 0.328 e. The van der Waals surface area contributed by atoms with Gasteiger partial charge in [0.15, 0.2) is 0 Å². The van der Waals surface area contributed by atoms with Crippen LogP contribution < -0.4 is 4.74 Å². The lowest BCUT2D eigenvalue weighted by molar-refractivity contribution is -0.131. The molecule has 5 nitrogen and oxygen atoms in total. The molecule has 1 N–H and O–H groups in total. The number of carbonyl (C=O) groups is 1. The maximum absolute atomic E-state index is 10.3. The number of ether oxygens (including phenoxy) is 1. The molecule has 2 rings (SSSR count). The van der Waals surface area contributed by atoms with Crippen molar-refractivity contribution in [2.45, 2.75) is 6.61 Å². The van der Waals surface area contributed by atoms with Gasteiger partial charge < -0.3 is 9.84 Å². The van der Waals surface area contributed by atoms with Crippen molar-refractivity contribution in [1.82, 2.24) is 9.97 Å². The Morgan fingerprint density at radius 1 is 1.44 bits per heavy atom. The van der Waals surface area contributed by atoms with Crippen molar-refractivity contribution in [3.05, 3.63) is 46.7 Å². The molecule has 92 valence electrons. The Morgan fingerprint density at radius 2 is 2.33 bits per heavy atom. The molecule has 0 fully saturated rings. The van der Waals surface area contributed by atoms with Gasteiger partial charge in [0.25, 0.3) is 0 Å². The zero-order chi connectivity index (χ0) is 12.8. The molecule has 0 radical (unpaired) electrons. The zero-order valence-corrected chi connectivity index (χ0v) is 10.1. The van der Waals surface area contributed by atoms with Gasteiger partial charge in [-0.3, -0.25) is 9.97 Å². The SMILES string of the molecule is O=C(O)/C=C/c1ccc(OCc2cncs2)cn1. The van der Waals surface area contributed by atoms with Gasteiger partial charge in [0.1, 0.15) is 12.4 Å². The van der Waals surface area contributed by atoms with Crippen molar-refractivity contribution in [2.24, 2.45) is 0 Å². The van der Waals surface area contributed by atoms with E-state index < -0.39 is 5.97 Å². The quantitative estimate of drug-likeness (QED) is 0.836. The molecule has 0 spiro atoms. The van der Waals surface area contributed by atoms with Gasteiger partial charge >= 0.3 is 5.97 Å². The number of hydrogen-bond acceptors (Lipinski definition) is 5.